The van der Waals surface area contributed by atoms with Gasteiger partial charge in [-0.1, -0.05) is 30.3 Å². The van der Waals surface area contributed by atoms with Gasteiger partial charge in [-0.25, -0.2) is 14.0 Å². The predicted molar refractivity (Wildman–Crippen MR) is 82.5 cm³/mol. The van der Waals surface area contributed by atoms with Crippen LogP contribution in [-0.2, 0) is 20.9 Å². The van der Waals surface area contributed by atoms with Crippen molar-refractivity contribution in [1.29, 1.82) is 0 Å². The highest BCUT2D eigenvalue weighted by Crippen LogP contribution is 2.24. The molecule has 1 aliphatic heterocycles. The molecule has 2 atom stereocenters. The molecule has 0 aromatic heterocycles. The Morgan fingerprint density at radius 1 is 1.26 bits per heavy atom. The van der Waals surface area contributed by atoms with Crippen LogP contribution in [0.5, 0.6) is 0 Å². The van der Waals surface area contributed by atoms with Crippen molar-refractivity contribution in [2.45, 2.75) is 51.6 Å². The van der Waals surface area contributed by atoms with Crippen LogP contribution in [0, 0.1) is 0 Å². The van der Waals surface area contributed by atoms with Crippen LogP contribution in [0.3, 0.4) is 0 Å². The first-order chi connectivity index (χ1) is 10.8. The number of carbonyl (C=O) groups is 2. The number of ether oxygens (including phenoxy) is 2. The Morgan fingerprint density at radius 3 is 2.52 bits per heavy atom. The minimum atomic E-state index is -1.25. The fourth-order valence-corrected chi connectivity index (χ4v) is 2.36. The molecule has 1 saturated heterocycles. The number of hydrogen-bond acceptors (Lipinski definition) is 4. The van der Waals surface area contributed by atoms with Gasteiger partial charge in [-0.3, -0.25) is 4.90 Å². The van der Waals surface area contributed by atoms with Crippen LogP contribution >= 0.6 is 0 Å². The lowest BCUT2D eigenvalue weighted by Gasteiger charge is -2.27. The van der Waals surface area contributed by atoms with Crippen molar-refractivity contribution in [2.24, 2.45) is 0 Å². The highest BCUT2D eigenvalue weighted by molar-refractivity contribution is 5.82. The largest absolute Gasteiger partial charge is 0.459 e. The van der Waals surface area contributed by atoms with Gasteiger partial charge >= 0.3 is 12.1 Å². The summed E-state index contributed by atoms with van der Waals surface area (Å²) >= 11 is 0. The number of halogens is 1. The van der Waals surface area contributed by atoms with Crippen molar-refractivity contribution in [3.8, 4) is 0 Å². The van der Waals surface area contributed by atoms with E-state index in [4.69, 9.17) is 9.47 Å². The van der Waals surface area contributed by atoms with E-state index >= 15 is 0 Å². The Labute approximate surface area is 135 Å². The van der Waals surface area contributed by atoms with E-state index in [2.05, 4.69) is 0 Å². The summed E-state index contributed by atoms with van der Waals surface area (Å²) in [7, 11) is 0. The number of benzene rings is 1. The summed E-state index contributed by atoms with van der Waals surface area (Å²) in [5.41, 5.74) is 0.128. The molecule has 1 aromatic rings. The van der Waals surface area contributed by atoms with Crippen molar-refractivity contribution >= 4 is 12.1 Å². The quantitative estimate of drug-likeness (QED) is 0.802. The first kappa shape index (κ1) is 17.2. The van der Waals surface area contributed by atoms with E-state index in [9.17, 15) is 14.0 Å². The van der Waals surface area contributed by atoms with Gasteiger partial charge < -0.3 is 9.47 Å². The predicted octanol–water partition coefficient (Wildman–Crippen LogP) is 3.08. The van der Waals surface area contributed by atoms with E-state index in [0.29, 0.717) is 0 Å². The Bertz CT molecular complexity index is 555. The van der Waals surface area contributed by atoms with Crippen LogP contribution in [0.1, 0.15) is 32.8 Å². The average molecular weight is 323 g/mol. The van der Waals surface area contributed by atoms with Crippen LogP contribution in [-0.4, -0.2) is 41.3 Å². The second kappa shape index (κ2) is 6.98. The van der Waals surface area contributed by atoms with Gasteiger partial charge in [-0.15, -0.1) is 0 Å². The first-order valence-electron chi connectivity index (χ1n) is 7.60. The fraction of sp³-hybridized carbons (Fsp3) is 0.529. The Balaban J connectivity index is 1.98. The molecule has 0 spiro atoms. The SMILES string of the molecule is CC(C)(C)OC(=O)N1C[C@@H](F)C[C@H]1C(=O)OCc1ccccc1. The highest BCUT2D eigenvalue weighted by Gasteiger charge is 2.42. The zero-order chi connectivity index (χ0) is 17.0. The van der Waals surface area contributed by atoms with E-state index < -0.39 is 29.9 Å². The maximum atomic E-state index is 13.7. The van der Waals surface area contributed by atoms with E-state index in [0.717, 1.165) is 10.5 Å². The summed E-state index contributed by atoms with van der Waals surface area (Å²) in [6, 6.07) is 8.24. The molecule has 0 radical (unpaired) electrons. The Hall–Kier alpha value is -2.11. The van der Waals surface area contributed by atoms with E-state index in [1.54, 1.807) is 20.8 Å². The standard InChI is InChI=1S/C17H22FNO4/c1-17(2,3)23-16(21)19-10-13(18)9-14(19)15(20)22-11-12-7-5-4-6-8-12/h4-8,13-14H,9-11H2,1-3H3/t13-,14-/m0/s1. The number of carbonyl (C=O) groups excluding carboxylic acids is 2. The van der Waals surface area contributed by atoms with Crippen molar-refractivity contribution < 1.29 is 23.5 Å². The molecule has 0 bridgehead atoms. The summed E-state index contributed by atoms with van der Waals surface area (Å²) in [6.45, 7) is 5.10. The second-order valence-electron chi connectivity index (χ2n) is 6.57. The van der Waals surface area contributed by atoms with Gasteiger partial charge in [0, 0.05) is 6.42 Å². The van der Waals surface area contributed by atoms with Gasteiger partial charge in [0.15, 0.2) is 0 Å². The molecule has 1 heterocycles. The molecule has 6 heteroatoms. The number of alkyl halides is 1. The van der Waals surface area contributed by atoms with Crippen LogP contribution in [0.2, 0.25) is 0 Å². The molecule has 1 aromatic carbocycles. The lowest BCUT2D eigenvalue weighted by molar-refractivity contribution is -0.150. The van der Waals surface area contributed by atoms with Gasteiger partial charge in [-0.05, 0) is 26.3 Å². The molecule has 0 N–H and O–H groups in total. The smallest absolute Gasteiger partial charge is 0.411 e. The molecule has 1 amide bonds. The van der Waals surface area contributed by atoms with E-state index in [1.165, 1.54) is 0 Å². The summed E-state index contributed by atoms with van der Waals surface area (Å²) in [6.07, 6.45) is -2.01. The Kier molecular flexibility index (Phi) is 5.23. The molecular formula is C17H22FNO4. The monoisotopic (exact) mass is 323 g/mol. The normalized spacial score (nSPS) is 21.1. The van der Waals surface area contributed by atoms with Gasteiger partial charge in [0.1, 0.15) is 24.4 Å². The number of nitrogens with zero attached hydrogens (tertiary/aromatic N) is 1. The summed E-state index contributed by atoms with van der Waals surface area (Å²) in [5.74, 6) is -0.611. The maximum Gasteiger partial charge on any atom is 0.411 e. The minimum absolute atomic E-state index is 0.0626. The van der Waals surface area contributed by atoms with Crippen molar-refractivity contribution in [3.63, 3.8) is 0 Å². The third-order valence-corrected chi connectivity index (χ3v) is 3.37. The molecule has 0 aliphatic carbocycles. The number of amides is 1. The number of hydrogen-bond donors (Lipinski definition) is 0. The topological polar surface area (TPSA) is 55.8 Å². The van der Waals surface area contributed by atoms with Crippen LogP contribution in [0.25, 0.3) is 0 Å². The van der Waals surface area contributed by atoms with Gasteiger partial charge in [0.2, 0.25) is 0 Å². The van der Waals surface area contributed by atoms with Gasteiger partial charge in [0.25, 0.3) is 0 Å². The molecule has 0 saturated carbocycles. The van der Waals surface area contributed by atoms with Crippen LogP contribution in [0.15, 0.2) is 30.3 Å². The third kappa shape index (κ3) is 4.94. The number of rotatable bonds is 3. The third-order valence-electron chi connectivity index (χ3n) is 3.37. The zero-order valence-corrected chi connectivity index (χ0v) is 13.6. The van der Waals surface area contributed by atoms with E-state index in [1.807, 2.05) is 30.3 Å². The maximum absolute atomic E-state index is 13.7. The van der Waals surface area contributed by atoms with Crippen molar-refractivity contribution in [2.75, 3.05) is 6.54 Å². The summed E-state index contributed by atoms with van der Waals surface area (Å²) in [5, 5.41) is 0. The lowest BCUT2D eigenvalue weighted by atomic mass is 10.2. The summed E-state index contributed by atoms with van der Waals surface area (Å²) in [4.78, 5) is 25.4. The molecule has 1 fully saturated rings. The molecule has 0 unspecified atom stereocenters. The van der Waals surface area contributed by atoms with Crippen LogP contribution < -0.4 is 0 Å². The van der Waals surface area contributed by atoms with Crippen molar-refractivity contribution in [1.82, 2.24) is 4.90 Å². The molecule has 23 heavy (non-hydrogen) atoms. The first-order valence-corrected chi connectivity index (χ1v) is 7.60. The van der Waals surface area contributed by atoms with Crippen molar-refractivity contribution in [3.05, 3.63) is 35.9 Å². The molecule has 1 aliphatic rings. The molecule has 2 rings (SSSR count). The second-order valence-corrected chi connectivity index (χ2v) is 6.57. The zero-order valence-electron chi connectivity index (χ0n) is 13.6. The Morgan fingerprint density at radius 2 is 1.91 bits per heavy atom. The fourth-order valence-electron chi connectivity index (χ4n) is 2.36. The van der Waals surface area contributed by atoms with Gasteiger partial charge in [-0.2, -0.15) is 0 Å². The molecular weight excluding hydrogens is 301 g/mol. The van der Waals surface area contributed by atoms with Crippen LogP contribution in [0.4, 0.5) is 9.18 Å². The summed E-state index contributed by atoms with van der Waals surface area (Å²) < 4.78 is 24.1. The minimum Gasteiger partial charge on any atom is -0.459 e. The van der Waals surface area contributed by atoms with Gasteiger partial charge in [0.05, 0.1) is 6.54 Å². The molecule has 5 nitrogen and oxygen atoms in total. The number of esters is 1. The highest BCUT2D eigenvalue weighted by atomic mass is 19.1. The number of likely N-dealkylation sites (tertiary alicyclic amines) is 1. The van der Waals surface area contributed by atoms with E-state index in [-0.39, 0.29) is 19.6 Å². The average Bonchev–Trinajstić information content (AvgIpc) is 2.86. The lowest BCUT2D eigenvalue weighted by Crippen LogP contribution is -2.44. The molecule has 126 valence electrons.